The second-order valence-corrected chi connectivity index (χ2v) is 6.56. The fourth-order valence-electron chi connectivity index (χ4n) is 1.94. The zero-order chi connectivity index (χ0) is 14.4. The second kappa shape index (κ2) is 7.90. The molecular formula is C14H19Br2NO2. The second-order valence-electron chi connectivity index (χ2n) is 4.46. The van der Waals surface area contributed by atoms with Crippen molar-refractivity contribution in [2.75, 3.05) is 6.54 Å². The Morgan fingerprint density at radius 1 is 1.37 bits per heavy atom. The van der Waals surface area contributed by atoms with Gasteiger partial charge in [0.25, 0.3) is 5.91 Å². The van der Waals surface area contributed by atoms with Crippen LogP contribution < -0.4 is 5.32 Å². The van der Waals surface area contributed by atoms with Crippen LogP contribution in [-0.2, 0) is 0 Å². The lowest BCUT2D eigenvalue weighted by Gasteiger charge is -2.20. The molecule has 0 saturated carbocycles. The average Bonchev–Trinajstić information content (AvgIpc) is 2.40. The van der Waals surface area contributed by atoms with Crippen LogP contribution in [0.3, 0.4) is 0 Å². The molecule has 2 N–H and O–H groups in total. The van der Waals surface area contributed by atoms with Crippen molar-refractivity contribution >= 4 is 37.8 Å². The highest BCUT2D eigenvalue weighted by molar-refractivity contribution is 9.10. The molecule has 0 saturated heterocycles. The fourth-order valence-corrected chi connectivity index (χ4v) is 3.21. The molecule has 1 aromatic carbocycles. The van der Waals surface area contributed by atoms with Crippen LogP contribution in [0.25, 0.3) is 0 Å². The standard InChI is InChI=1S/C14H19Br2NO2/c1-3-9(4-2)12(16)8-17-14(19)11-7-10(15)5-6-13(11)18/h5-7,9,12,18H,3-4,8H2,1-2H3,(H,17,19). The maximum atomic E-state index is 12.0. The Morgan fingerprint density at radius 3 is 2.58 bits per heavy atom. The Labute approximate surface area is 131 Å². The molecule has 1 aromatic rings. The van der Waals surface area contributed by atoms with Gasteiger partial charge in [-0.05, 0) is 24.1 Å². The Bertz CT molecular complexity index is 433. The summed E-state index contributed by atoms with van der Waals surface area (Å²) in [5.41, 5.74) is 0.290. The van der Waals surface area contributed by atoms with E-state index in [0.29, 0.717) is 18.0 Å². The zero-order valence-electron chi connectivity index (χ0n) is 11.1. The van der Waals surface area contributed by atoms with Gasteiger partial charge in [-0.3, -0.25) is 4.79 Å². The maximum absolute atomic E-state index is 12.0. The summed E-state index contributed by atoms with van der Waals surface area (Å²) >= 11 is 6.90. The molecule has 0 radical (unpaired) electrons. The molecule has 106 valence electrons. The van der Waals surface area contributed by atoms with Crippen molar-refractivity contribution in [2.24, 2.45) is 5.92 Å². The number of halogens is 2. The number of amides is 1. The van der Waals surface area contributed by atoms with Crippen molar-refractivity contribution in [3.8, 4) is 5.75 Å². The minimum absolute atomic E-state index is 0.00523. The van der Waals surface area contributed by atoms with E-state index in [-0.39, 0.29) is 16.5 Å². The molecule has 0 aliphatic carbocycles. The predicted octanol–water partition coefficient (Wildman–Crippen LogP) is 4.08. The first-order valence-electron chi connectivity index (χ1n) is 6.40. The van der Waals surface area contributed by atoms with Crippen molar-refractivity contribution in [3.05, 3.63) is 28.2 Å². The van der Waals surface area contributed by atoms with Gasteiger partial charge in [0.1, 0.15) is 5.75 Å². The number of phenolic OH excluding ortho intramolecular Hbond substituents is 1. The summed E-state index contributed by atoms with van der Waals surface area (Å²) in [6.07, 6.45) is 2.15. The Balaban J connectivity index is 2.63. The van der Waals surface area contributed by atoms with Crippen molar-refractivity contribution in [3.63, 3.8) is 0 Å². The van der Waals surface area contributed by atoms with Gasteiger partial charge in [-0.15, -0.1) is 0 Å². The number of phenols is 1. The van der Waals surface area contributed by atoms with Gasteiger partial charge >= 0.3 is 0 Å². The molecule has 0 aliphatic rings. The van der Waals surface area contributed by atoms with Crippen molar-refractivity contribution < 1.29 is 9.90 Å². The molecule has 3 nitrogen and oxygen atoms in total. The number of hydrogen-bond donors (Lipinski definition) is 2. The highest BCUT2D eigenvalue weighted by atomic mass is 79.9. The molecule has 1 amide bonds. The minimum atomic E-state index is -0.255. The summed E-state index contributed by atoms with van der Waals surface area (Å²) in [5.74, 6) is 0.278. The van der Waals surface area contributed by atoms with Crippen LogP contribution in [0.1, 0.15) is 37.0 Å². The van der Waals surface area contributed by atoms with E-state index in [0.717, 1.165) is 17.3 Å². The van der Waals surface area contributed by atoms with E-state index in [4.69, 9.17) is 0 Å². The number of carbonyl (C=O) groups is 1. The van der Waals surface area contributed by atoms with Gasteiger partial charge in [0, 0.05) is 15.8 Å². The fraction of sp³-hybridized carbons (Fsp3) is 0.500. The van der Waals surface area contributed by atoms with Crippen LogP contribution in [0.2, 0.25) is 0 Å². The molecule has 0 bridgehead atoms. The molecule has 0 spiro atoms. The van der Waals surface area contributed by atoms with Gasteiger partial charge < -0.3 is 10.4 Å². The van der Waals surface area contributed by atoms with Gasteiger partial charge in [0.05, 0.1) is 5.56 Å². The first-order chi connectivity index (χ1) is 8.99. The number of aromatic hydroxyl groups is 1. The quantitative estimate of drug-likeness (QED) is 0.716. The lowest BCUT2D eigenvalue weighted by Crippen LogP contribution is -2.32. The summed E-state index contributed by atoms with van der Waals surface area (Å²) in [6, 6.07) is 4.82. The average molecular weight is 393 g/mol. The Kier molecular flexibility index (Phi) is 6.86. The first kappa shape index (κ1) is 16.5. The highest BCUT2D eigenvalue weighted by Gasteiger charge is 2.17. The summed E-state index contributed by atoms with van der Waals surface area (Å²) in [7, 11) is 0. The van der Waals surface area contributed by atoms with Gasteiger partial charge in [-0.25, -0.2) is 0 Å². The van der Waals surface area contributed by atoms with Crippen molar-refractivity contribution in [1.29, 1.82) is 0 Å². The van der Waals surface area contributed by atoms with E-state index < -0.39 is 0 Å². The van der Waals surface area contributed by atoms with E-state index in [9.17, 15) is 9.90 Å². The topological polar surface area (TPSA) is 49.3 Å². The van der Waals surface area contributed by atoms with Gasteiger partial charge in [0.2, 0.25) is 0 Å². The number of carbonyl (C=O) groups excluding carboxylic acids is 1. The molecule has 5 heteroatoms. The molecule has 0 aliphatic heterocycles. The van der Waals surface area contributed by atoms with Crippen LogP contribution in [0, 0.1) is 5.92 Å². The van der Waals surface area contributed by atoms with E-state index in [1.54, 1.807) is 12.1 Å². The van der Waals surface area contributed by atoms with Gasteiger partial charge in [-0.1, -0.05) is 58.5 Å². The van der Waals surface area contributed by atoms with Crippen LogP contribution in [0.4, 0.5) is 0 Å². The number of nitrogens with one attached hydrogen (secondary N) is 1. The summed E-state index contributed by atoms with van der Waals surface area (Å²) < 4.78 is 0.769. The monoisotopic (exact) mass is 391 g/mol. The number of rotatable bonds is 6. The largest absolute Gasteiger partial charge is 0.507 e. The first-order valence-corrected chi connectivity index (χ1v) is 8.11. The van der Waals surface area contributed by atoms with E-state index in [2.05, 4.69) is 51.0 Å². The molecule has 19 heavy (non-hydrogen) atoms. The number of benzene rings is 1. The minimum Gasteiger partial charge on any atom is -0.507 e. The molecule has 0 fully saturated rings. The third-order valence-electron chi connectivity index (χ3n) is 3.22. The summed E-state index contributed by atoms with van der Waals surface area (Å²) in [4.78, 5) is 12.3. The Hall–Kier alpha value is -0.550. The lowest BCUT2D eigenvalue weighted by atomic mass is 9.99. The van der Waals surface area contributed by atoms with Crippen LogP contribution in [-0.4, -0.2) is 22.4 Å². The van der Waals surface area contributed by atoms with E-state index in [1.807, 2.05) is 0 Å². The normalized spacial score (nSPS) is 12.5. The smallest absolute Gasteiger partial charge is 0.255 e. The van der Waals surface area contributed by atoms with Crippen LogP contribution >= 0.6 is 31.9 Å². The predicted molar refractivity (Wildman–Crippen MR) is 84.9 cm³/mol. The molecular weight excluding hydrogens is 374 g/mol. The van der Waals surface area contributed by atoms with Crippen LogP contribution in [0.15, 0.2) is 22.7 Å². The van der Waals surface area contributed by atoms with Gasteiger partial charge in [0.15, 0.2) is 0 Å². The zero-order valence-corrected chi connectivity index (χ0v) is 14.3. The van der Waals surface area contributed by atoms with Crippen molar-refractivity contribution in [1.82, 2.24) is 5.32 Å². The van der Waals surface area contributed by atoms with Gasteiger partial charge in [-0.2, -0.15) is 0 Å². The van der Waals surface area contributed by atoms with Crippen molar-refractivity contribution in [2.45, 2.75) is 31.5 Å². The molecule has 0 aromatic heterocycles. The highest BCUT2D eigenvalue weighted by Crippen LogP contribution is 2.23. The van der Waals surface area contributed by atoms with E-state index in [1.165, 1.54) is 6.07 Å². The maximum Gasteiger partial charge on any atom is 0.255 e. The third-order valence-corrected chi connectivity index (χ3v) is 4.79. The number of hydrogen-bond acceptors (Lipinski definition) is 2. The lowest BCUT2D eigenvalue weighted by molar-refractivity contribution is 0.0949. The molecule has 0 heterocycles. The number of alkyl halides is 1. The SMILES string of the molecule is CCC(CC)C(Br)CNC(=O)c1cc(Br)ccc1O. The summed E-state index contributed by atoms with van der Waals surface area (Å²) in [6.45, 7) is 4.84. The summed E-state index contributed by atoms with van der Waals surface area (Å²) in [5, 5.41) is 12.5. The molecule has 1 unspecified atom stereocenters. The Morgan fingerprint density at radius 2 is 2.00 bits per heavy atom. The third kappa shape index (κ3) is 4.80. The van der Waals surface area contributed by atoms with Crippen LogP contribution in [0.5, 0.6) is 5.75 Å². The molecule has 1 atom stereocenters. The van der Waals surface area contributed by atoms with E-state index >= 15 is 0 Å². The molecule has 1 rings (SSSR count).